The zero-order chi connectivity index (χ0) is 13.7. The third-order valence-electron chi connectivity index (χ3n) is 4.12. The third kappa shape index (κ3) is 4.63. The minimum absolute atomic E-state index is 0.429. The summed E-state index contributed by atoms with van der Waals surface area (Å²) in [7, 11) is 0. The van der Waals surface area contributed by atoms with Crippen molar-refractivity contribution >= 4 is 0 Å². The van der Waals surface area contributed by atoms with Gasteiger partial charge in [0.05, 0.1) is 0 Å². The Kier molecular flexibility index (Phi) is 5.41. The van der Waals surface area contributed by atoms with Crippen LogP contribution in [0.1, 0.15) is 57.6 Å². The quantitative estimate of drug-likeness (QED) is 0.848. The average molecular weight is 260 g/mol. The minimum atomic E-state index is 0.429. The number of nitrogens with one attached hydrogen (secondary N) is 1. The maximum absolute atomic E-state index is 5.99. The summed E-state index contributed by atoms with van der Waals surface area (Å²) in [4.78, 5) is 0. The van der Waals surface area contributed by atoms with Crippen molar-refractivity contribution in [1.82, 2.24) is 5.32 Å². The van der Waals surface area contributed by atoms with Crippen molar-refractivity contribution in [3.8, 4) is 0 Å². The molecule has 1 unspecified atom stereocenters. The molecule has 0 bridgehead atoms. The van der Waals surface area contributed by atoms with Gasteiger partial charge in [-0.1, -0.05) is 44.2 Å². The van der Waals surface area contributed by atoms with E-state index in [0.717, 1.165) is 0 Å². The summed E-state index contributed by atoms with van der Waals surface area (Å²) >= 11 is 0. The summed E-state index contributed by atoms with van der Waals surface area (Å²) in [5.74, 6) is 0.712. The van der Waals surface area contributed by atoms with Crippen LogP contribution in [0, 0.1) is 5.92 Å². The van der Waals surface area contributed by atoms with Crippen LogP contribution < -0.4 is 11.1 Å². The van der Waals surface area contributed by atoms with Gasteiger partial charge in [-0.05, 0) is 43.6 Å². The molecule has 0 saturated heterocycles. The largest absolute Gasteiger partial charge is 0.328 e. The molecule has 0 radical (unpaired) electrons. The number of hydrogen-bond donors (Lipinski definition) is 2. The Hall–Kier alpha value is -0.860. The second-order valence-electron chi connectivity index (χ2n) is 6.37. The fourth-order valence-electron chi connectivity index (χ4n) is 3.03. The Morgan fingerprint density at radius 1 is 1.11 bits per heavy atom. The van der Waals surface area contributed by atoms with Gasteiger partial charge >= 0.3 is 0 Å². The first-order valence-electron chi connectivity index (χ1n) is 7.71. The molecule has 0 spiro atoms. The van der Waals surface area contributed by atoms with E-state index in [1.54, 1.807) is 0 Å². The first-order valence-corrected chi connectivity index (χ1v) is 7.71. The Bertz CT molecular complexity index is 353. The molecule has 1 aromatic carbocycles. The van der Waals surface area contributed by atoms with Crippen LogP contribution in [-0.2, 0) is 0 Å². The first-order chi connectivity index (χ1) is 9.15. The second-order valence-corrected chi connectivity index (χ2v) is 6.37. The predicted octanol–water partition coefficient (Wildman–Crippen LogP) is 3.63. The van der Waals surface area contributed by atoms with E-state index in [-0.39, 0.29) is 0 Å². The highest BCUT2D eigenvalue weighted by atomic mass is 15.0. The van der Waals surface area contributed by atoms with E-state index >= 15 is 0 Å². The van der Waals surface area contributed by atoms with Crippen molar-refractivity contribution in [3.05, 3.63) is 35.9 Å². The maximum atomic E-state index is 5.99. The molecular formula is C17H28N2. The summed E-state index contributed by atoms with van der Waals surface area (Å²) in [6, 6.07) is 12.4. The van der Waals surface area contributed by atoms with Crippen LogP contribution >= 0.6 is 0 Å². The van der Waals surface area contributed by atoms with Gasteiger partial charge in [-0.3, -0.25) is 0 Å². The van der Waals surface area contributed by atoms with E-state index in [9.17, 15) is 0 Å². The molecule has 106 valence electrons. The van der Waals surface area contributed by atoms with Crippen LogP contribution in [-0.4, -0.2) is 12.1 Å². The van der Waals surface area contributed by atoms with Crippen LogP contribution in [0.15, 0.2) is 30.3 Å². The van der Waals surface area contributed by atoms with Gasteiger partial charge in [0.25, 0.3) is 0 Å². The molecule has 0 aromatic heterocycles. The molecule has 2 nitrogen and oxygen atoms in total. The topological polar surface area (TPSA) is 38.0 Å². The van der Waals surface area contributed by atoms with E-state index in [1.807, 2.05) is 0 Å². The highest BCUT2D eigenvalue weighted by Crippen LogP contribution is 2.25. The minimum Gasteiger partial charge on any atom is -0.328 e. The SMILES string of the molecule is CC(C)CC(NC1CCC(N)CC1)c1ccccc1. The third-order valence-corrected chi connectivity index (χ3v) is 4.12. The lowest BCUT2D eigenvalue weighted by atomic mass is 9.89. The molecule has 2 rings (SSSR count). The molecule has 1 atom stereocenters. The predicted molar refractivity (Wildman–Crippen MR) is 82.0 cm³/mol. The van der Waals surface area contributed by atoms with Gasteiger partial charge in [-0.25, -0.2) is 0 Å². The Morgan fingerprint density at radius 3 is 2.32 bits per heavy atom. The fraction of sp³-hybridized carbons (Fsp3) is 0.647. The second kappa shape index (κ2) is 7.06. The monoisotopic (exact) mass is 260 g/mol. The lowest BCUT2D eigenvalue weighted by Gasteiger charge is -2.32. The summed E-state index contributed by atoms with van der Waals surface area (Å²) in [6.45, 7) is 4.60. The van der Waals surface area contributed by atoms with Gasteiger partial charge in [-0.15, -0.1) is 0 Å². The molecule has 1 fully saturated rings. The zero-order valence-electron chi connectivity index (χ0n) is 12.3. The number of rotatable bonds is 5. The first kappa shape index (κ1) is 14.5. The van der Waals surface area contributed by atoms with Crippen molar-refractivity contribution < 1.29 is 0 Å². The maximum Gasteiger partial charge on any atom is 0.0325 e. The van der Waals surface area contributed by atoms with Gasteiger partial charge in [0, 0.05) is 18.1 Å². The number of hydrogen-bond acceptors (Lipinski definition) is 2. The Balaban J connectivity index is 1.98. The van der Waals surface area contributed by atoms with Crippen LogP contribution in [0.5, 0.6) is 0 Å². The van der Waals surface area contributed by atoms with Crippen LogP contribution in [0.4, 0.5) is 0 Å². The van der Waals surface area contributed by atoms with Gasteiger partial charge in [0.15, 0.2) is 0 Å². The molecule has 1 aromatic rings. The van der Waals surface area contributed by atoms with Crippen LogP contribution in [0.25, 0.3) is 0 Å². The molecule has 0 aliphatic heterocycles. The van der Waals surface area contributed by atoms with Gasteiger partial charge in [0.2, 0.25) is 0 Å². The smallest absolute Gasteiger partial charge is 0.0325 e. The average Bonchev–Trinajstić information content (AvgIpc) is 2.41. The molecule has 3 N–H and O–H groups in total. The molecular weight excluding hydrogens is 232 g/mol. The molecule has 0 heterocycles. The molecule has 1 aliphatic carbocycles. The van der Waals surface area contributed by atoms with Crippen molar-refractivity contribution in [2.75, 3.05) is 0 Å². The molecule has 1 saturated carbocycles. The molecule has 2 heteroatoms. The van der Waals surface area contributed by atoms with E-state index in [0.29, 0.717) is 24.0 Å². The normalized spacial score (nSPS) is 25.5. The summed E-state index contributed by atoms with van der Waals surface area (Å²) < 4.78 is 0. The van der Waals surface area contributed by atoms with E-state index < -0.39 is 0 Å². The van der Waals surface area contributed by atoms with Crippen LogP contribution in [0.2, 0.25) is 0 Å². The lowest BCUT2D eigenvalue weighted by molar-refractivity contribution is 0.297. The van der Waals surface area contributed by atoms with Crippen molar-refractivity contribution in [2.24, 2.45) is 11.7 Å². The Morgan fingerprint density at radius 2 is 1.74 bits per heavy atom. The highest BCUT2D eigenvalue weighted by Gasteiger charge is 2.22. The van der Waals surface area contributed by atoms with Gasteiger partial charge in [-0.2, -0.15) is 0 Å². The number of benzene rings is 1. The standard InChI is InChI=1S/C17H28N2/c1-13(2)12-17(14-6-4-3-5-7-14)19-16-10-8-15(18)9-11-16/h3-7,13,15-17,19H,8-12,18H2,1-2H3. The van der Waals surface area contributed by atoms with Crippen LogP contribution in [0.3, 0.4) is 0 Å². The van der Waals surface area contributed by atoms with Crippen molar-refractivity contribution in [2.45, 2.75) is 64.1 Å². The van der Waals surface area contributed by atoms with E-state index in [2.05, 4.69) is 49.5 Å². The van der Waals surface area contributed by atoms with Crippen molar-refractivity contribution in [1.29, 1.82) is 0 Å². The fourth-order valence-corrected chi connectivity index (χ4v) is 3.03. The van der Waals surface area contributed by atoms with E-state index in [4.69, 9.17) is 5.73 Å². The highest BCUT2D eigenvalue weighted by molar-refractivity contribution is 5.19. The summed E-state index contributed by atoms with van der Waals surface area (Å²) in [6.07, 6.45) is 5.99. The lowest BCUT2D eigenvalue weighted by Crippen LogP contribution is -2.39. The molecule has 0 amide bonds. The zero-order valence-corrected chi connectivity index (χ0v) is 12.3. The Labute approximate surface area is 117 Å². The van der Waals surface area contributed by atoms with Gasteiger partial charge < -0.3 is 11.1 Å². The summed E-state index contributed by atoms with van der Waals surface area (Å²) in [5.41, 5.74) is 7.41. The van der Waals surface area contributed by atoms with Gasteiger partial charge in [0.1, 0.15) is 0 Å². The number of nitrogens with two attached hydrogens (primary N) is 1. The molecule has 19 heavy (non-hydrogen) atoms. The molecule has 1 aliphatic rings. The van der Waals surface area contributed by atoms with E-state index in [1.165, 1.54) is 37.7 Å². The summed E-state index contributed by atoms with van der Waals surface area (Å²) in [5, 5.41) is 3.87. The van der Waals surface area contributed by atoms with Crippen molar-refractivity contribution in [3.63, 3.8) is 0 Å².